The highest BCUT2D eigenvalue weighted by molar-refractivity contribution is 5.94. The number of carbonyl (C=O) groups is 4. The van der Waals surface area contributed by atoms with E-state index < -0.39 is 17.1 Å². The Morgan fingerprint density at radius 1 is 0.974 bits per heavy atom. The fourth-order valence-electron chi connectivity index (χ4n) is 2.66. The number of nitro groups is 1. The number of nitrogens with one attached hydrogen (secondary N) is 3. The zero-order valence-corrected chi connectivity index (χ0v) is 21.5. The van der Waals surface area contributed by atoms with Crippen molar-refractivity contribution < 1.29 is 33.6 Å². The predicted molar refractivity (Wildman–Crippen MR) is 139 cm³/mol. The fraction of sp³-hybridized carbons (Fsp3) is 0.360. The molecule has 0 aliphatic carbocycles. The Bertz CT molecular complexity index is 1070. The number of hydrogen-bond donors (Lipinski definition) is 4. The Morgan fingerprint density at radius 3 is 2.11 bits per heavy atom. The van der Waals surface area contributed by atoms with Crippen molar-refractivity contribution in [3.05, 3.63) is 64.2 Å². The van der Waals surface area contributed by atoms with E-state index in [9.17, 15) is 29.3 Å². The normalized spacial score (nSPS) is 9.89. The van der Waals surface area contributed by atoms with Gasteiger partial charge in [-0.3, -0.25) is 19.7 Å². The average molecular weight is 532 g/mol. The number of nitro benzene ring substituents is 1. The number of amides is 4. The number of anilines is 1. The van der Waals surface area contributed by atoms with Crippen molar-refractivity contribution in [2.45, 2.75) is 40.2 Å². The first-order valence-electron chi connectivity index (χ1n) is 11.8. The smallest absolute Gasteiger partial charge is 0.429 e. The topological polar surface area (TPSA) is 192 Å². The molecule has 0 radical (unpaired) electrons. The van der Waals surface area contributed by atoms with E-state index in [1.54, 1.807) is 24.3 Å². The number of carbonyl (C=O) groups excluding carboxylic acids is 4. The van der Waals surface area contributed by atoms with Crippen LogP contribution in [0, 0.1) is 16.0 Å². The Hall–Kier alpha value is -4.68. The summed E-state index contributed by atoms with van der Waals surface area (Å²) in [6.07, 6.45) is 0.334. The fourth-order valence-corrected chi connectivity index (χ4v) is 2.66. The van der Waals surface area contributed by atoms with Crippen LogP contribution in [0.2, 0.25) is 0 Å². The molecule has 0 aliphatic rings. The zero-order valence-electron chi connectivity index (χ0n) is 21.5. The summed E-state index contributed by atoms with van der Waals surface area (Å²) < 4.78 is 9.94. The van der Waals surface area contributed by atoms with Crippen molar-refractivity contribution in [3.63, 3.8) is 0 Å². The summed E-state index contributed by atoms with van der Waals surface area (Å²) in [5, 5.41) is 18.2. The van der Waals surface area contributed by atoms with E-state index in [2.05, 4.69) is 16.0 Å². The average Bonchev–Trinajstić information content (AvgIpc) is 2.86. The van der Waals surface area contributed by atoms with E-state index in [0.29, 0.717) is 24.2 Å². The number of nitrogens with zero attached hydrogens (tertiary/aromatic N) is 1. The predicted octanol–water partition coefficient (Wildman–Crippen LogP) is 3.48. The molecule has 0 fully saturated rings. The van der Waals surface area contributed by atoms with E-state index in [4.69, 9.17) is 15.2 Å². The number of rotatable bonds is 11. The van der Waals surface area contributed by atoms with E-state index in [0.717, 1.165) is 6.42 Å². The highest BCUT2D eigenvalue weighted by atomic mass is 16.7. The van der Waals surface area contributed by atoms with Crippen molar-refractivity contribution in [1.82, 2.24) is 10.6 Å². The summed E-state index contributed by atoms with van der Waals surface area (Å²) >= 11 is 0. The van der Waals surface area contributed by atoms with Gasteiger partial charge in [-0.2, -0.15) is 0 Å². The molecule has 0 spiro atoms. The molecular formula is C25H33N5O8. The number of ether oxygens (including phenoxy) is 2. The van der Waals surface area contributed by atoms with Crippen molar-refractivity contribution in [2.75, 3.05) is 18.4 Å². The number of urea groups is 1. The molecule has 5 N–H and O–H groups in total. The molecular weight excluding hydrogens is 498 g/mol. The van der Waals surface area contributed by atoms with Crippen LogP contribution in [-0.4, -0.2) is 42.0 Å². The number of primary amides is 1. The lowest BCUT2D eigenvalue weighted by atomic mass is 10.1. The van der Waals surface area contributed by atoms with Gasteiger partial charge in [-0.1, -0.05) is 32.9 Å². The number of non-ortho nitro benzene ring substituents is 1. The van der Waals surface area contributed by atoms with Crippen molar-refractivity contribution in [2.24, 2.45) is 11.7 Å². The maximum atomic E-state index is 11.9. The second kappa shape index (κ2) is 16.9. The molecule has 0 saturated carbocycles. The second-order valence-corrected chi connectivity index (χ2v) is 8.30. The minimum absolute atomic E-state index is 0.0642. The summed E-state index contributed by atoms with van der Waals surface area (Å²) in [5.41, 5.74) is 5.79. The summed E-state index contributed by atoms with van der Waals surface area (Å²) in [6.45, 7) is 6.29. The van der Waals surface area contributed by atoms with Gasteiger partial charge in [-0.05, 0) is 42.2 Å². The van der Waals surface area contributed by atoms with Gasteiger partial charge in [-0.15, -0.1) is 0 Å². The van der Waals surface area contributed by atoms with Gasteiger partial charge in [0.05, 0.1) is 11.5 Å². The zero-order chi connectivity index (χ0) is 28.5. The van der Waals surface area contributed by atoms with Gasteiger partial charge >= 0.3 is 12.2 Å². The van der Waals surface area contributed by atoms with E-state index >= 15 is 0 Å². The minimum atomic E-state index is -0.955. The third kappa shape index (κ3) is 14.0. The first-order chi connectivity index (χ1) is 18.0. The lowest BCUT2D eigenvalue weighted by molar-refractivity contribution is -0.384. The molecule has 0 saturated heterocycles. The molecule has 0 unspecified atom stereocenters. The SMILES string of the molecule is CC(C)CC(=O)NCC(=O)Nc1ccc(COC(=O)Oc2ccc([N+](=O)[O-])cc2)cc1.CCCNC(N)=O. The Balaban J connectivity index is 0.000000905. The largest absolute Gasteiger partial charge is 0.514 e. The highest BCUT2D eigenvalue weighted by Crippen LogP contribution is 2.18. The third-order valence-electron chi connectivity index (χ3n) is 4.43. The lowest BCUT2D eigenvalue weighted by Gasteiger charge is -2.09. The molecule has 13 heteroatoms. The van der Waals surface area contributed by atoms with E-state index in [1.807, 2.05) is 20.8 Å². The van der Waals surface area contributed by atoms with Crippen LogP contribution in [0.25, 0.3) is 0 Å². The number of hydrogen-bond acceptors (Lipinski definition) is 8. The molecule has 0 aliphatic heterocycles. The summed E-state index contributed by atoms with van der Waals surface area (Å²) in [6, 6.07) is 11.2. The van der Waals surface area contributed by atoms with Gasteiger partial charge < -0.3 is 31.2 Å². The Morgan fingerprint density at radius 2 is 1.61 bits per heavy atom. The third-order valence-corrected chi connectivity index (χ3v) is 4.43. The minimum Gasteiger partial charge on any atom is -0.429 e. The molecule has 2 aromatic carbocycles. The van der Waals surface area contributed by atoms with Crippen LogP contribution < -0.4 is 26.4 Å². The van der Waals surface area contributed by atoms with Crippen LogP contribution in [0.4, 0.5) is 21.0 Å². The molecule has 0 aromatic heterocycles. The number of nitrogens with two attached hydrogens (primary N) is 1. The van der Waals surface area contributed by atoms with Gasteiger partial charge in [0.2, 0.25) is 11.8 Å². The lowest BCUT2D eigenvalue weighted by Crippen LogP contribution is -2.33. The number of benzene rings is 2. The van der Waals surface area contributed by atoms with Crippen LogP contribution in [0.1, 0.15) is 39.2 Å². The first-order valence-corrected chi connectivity index (χ1v) is 11.8. The van der Waals surface area contributed by atoms with Gasteiger partial charge in [0.15, 0.2) is 0 Å². The van der Waals surface area contributed by atoms with Gasteiger partial charge in [0, 0.05) is 30.8 Å². The quantitative estimate of drug-likeness (QED) is 0.146. The maximum absolute atomic E-state index is 11.9. The maximum Gasteiger partial charge on any atom is 0.514 e. The van der Waals surface area contributed by atoms with Crippen LogP contribution in [0.3, 0.4) is 0 Å². The van der Waals surface area contributed by atoms with Crippen LogP contribution in [0.5, 0.6) is 5.75 Å². The molecule has 206 valence electrons. The Labute approximate surface area is 220 Å². The van der Waals surface area contributed by atoms with Crippen molar-refractivity contribution in [3.8, 4) is 5.75 Å². The standard InChI is InChI=1S/C21H23N3O7.C4H10N2O/c1-14(2)11-19(25)22-12-20(26)23-16-5-3-15(4-6-16)13-30-21(27)31-18-9-7-17(8-10-18)24(28)29;1-2-3-6-4(5)7/h3-10,14H,11-13H2,1-2H3,(H,22,25)(H,23,26);2-3H2,1H3,(H3,5,6,7). The van der Waals surface area contributed by atoms with Crippen LogP contribution >= 0.6 is 0 Å². The molecule has 0 bridgehead atoms. The van der Waals surface area contributed by atoms with Crippen molar-refractivity contribution >= 4 is 35.4 Å². The summed E-state index contributed by atoms with van der Waals surface area (Å²) in [5.74, 6) is -0.204. The second-order valence-electron chi connectivity index (χ2n) is 8.30. The molecule has 38 heavy (non-hydrogen) atoms. The first kappa shape index (κ1) is 31.4. The molecule has 2 aromatic rings. The molecule has 13 nitrogen and oxygen atoms in total. The summed E-state index contributed by atoms with van der Waals surface area (Å²) in [7, 11) is 0. The van der Waals surface area contributed by atoms with Gasteiger partial charge in [-0.25, -0.2) is 9.59 Å². The molecule has 0 heterocycles. The van der Waals surface area contributed by atoms with E-state index in [-0.39, 0.29) is 42.3 Å². The summed E-state index contributed by atoms with van der Waals surface area (Å²) in [4.78, 5) is 55.1. The van der Waals surface area contributed by atoms with Gasteiger partial charge in [0.1, 0.15) is 12.4 Å². The van der Waals surface area contributed by atoms with Gasteiger partial charge in [0.25, 0.3) is 5.69 Å². The van der Waals surface area contributed by atoms with Crippen molar-refractivity contribution in [1.29, 1.82) is 0 Å². The van der Waals surface area contributed by atoms with Crippen LogP contribution in [0.15, 0.2) is 48.5 Å². The molecule has 4 amide bonds. The monoisotopic (exact) mass is 531 g/mol. The van der Waals surface area contributed by atoms with Crippen LogP contribution in [-0.2, 0) is 20.9 Å². The van der Waals surface area contributed by atoms with E-state index in [1.165, 1.54) is 24.3 Å². The Kier molecular flexibility index (Phi) is 13.9. The molecule has 2 rings (SSSR count). The highest BCUT2D eigenvalue weighted by Gasteiger charge is 2.10. The molecule has 0 atom stereocenters.